The molecule has 0 aromatic carbocycles. The highest BCUT2D eigenvalue weighted by Gasteiger charge is 2.17. The van der Waals surface area contributed by atoms with Gasteiger partial charge in [0, 0.05) is 26.6 Å². The van der Waals surface area contributed by atoms with Gasteiger partial charge in [0.05, 0.1) is 13.5 Å². The van der Waals surface area contributed by atoms with E-state index >= 15 is 0 Å². The van der Waals surface area contributed by atoms with Crippen LogP contribution in [-0.4, -0.2) is 45.9 Å². The van der Waals surface area contributed by atoms with Gasteiger partial charge in [-0.3, -0.25) is 4.79 Å². The highest BCUT2D eigenvalue weighted by molar-refractivity contribution is 7.87. The Morgan fingerprint density at radius 1 is 1.56 bits per heavy atom. The first-order valence-electron chi connectivity index (χ1n) is 4.65. The van der Waals surface area contributed by atoms with Crippen LogP contribution in [0.25, 0.3) is 0 Å². The van der Waals surface area contributed by atoms with Crippen molar-refractivity contribution in [1.82, 2.24) is 9.03 Å². The van der Waals surface area contributed by atoms with E-state index in [-0.39, 0.29) is 19.5 Å². The smallest absolute Gasteiger partial charge is 0.306 e. The number of esters is 1. The van der Waals surface area contributed by atoms with Crippen LogP contribution in [0.5, 0.6) is 0 Å². The normalized spacial score (nSPS) is 11.1. The summed E-state index contributed by atoms with van der Waals surface area (Å²) in [5, 5.41) is 0. The van der Waals surface area contributed by atoms with E-state index in [1.54, 1.807) is 0 Å². The van der Waals surface area contributed by atoms with E-state index in [9.17, 15) is 13.2 Å². The first kappa shape index (κ1) is 14.9. The van der Waals surface area contributed by atoms with Crippen molar-refractivity contribution in [2.24, 2.45) is 0 Å². The maximum atomic E-state index is 11.5. The van der Waals surface area contributed by atoms with Gasteiger partial charge in [-0.1, -0.05) is 0 Å². The molecule has 16 heavy (non-hydrogen) atoms. The third kappa shape index (κ3) is 5.70. The maximum Gasteiger partial charge on any atom is 0.306 e. The summed E-state index contributed by atoms with van der Waals surface area (Å²) in [6, 6.07) is 0. The summed E-state index contributed by atoms with van der Waals surface area (Å²) in [6.45, 7) is 0.249. The molecule has 0 heterocycles. The number of ether oxygens (including phenoxy) is 1. The second kappa shape index (κ2) is 7.22. The molecular weight excluding hydrogens is 232 g/mol. The molecule has 0 rings (SSSR count). The first-order valence-corrected chi connectivity index (χ1v) is 6.09. The van der Waals surface area contributed by atoms with Crippen LogP contribution < -0.4 is 4.72 Å². The molecule has 0 unspecified atom stereocenters. The number of methoxy groups -OCH3 is 1. The minimum atomic E-state index is -3.56. The number of nitrogens with zero attached hydrogens (tertiary/aromatic N) is 1. The Labute approximate surface area is 96.1 Å². The molecule has 0 aromatic heterocycles. The Hall–Kier alpha value is -1.10. The number of hydrogen-bond acceptors (Lipinski definition) is 4. The lowest BCUT2D eigenvalue weighted by atomic mass is 10.4. The third-order valence-corrected chi connectivity index (χ3v) is 3.39. The van der Waals surface area contributed by atoms with Crippen molar-refractivity contribution < 1.29 is 17.9 Å². The molecule has 6 nitrogen and oxygen atoms in total. The molecule has 0 radical (unpaired) electrons. The fraction of sp³-hybridized carbons (Fsp3) is 0.667. The van der Waals surface area contributed by atoms with Crippen molar-refractivity contribution in [1.29, 1.82) is 0 Å². The number of carbonyl (C=O) groups excluding carboxylic acids is 1. The molecule has 0 spiro atoms. The van der Waals surface area contributed by atoms with E-state index in [1.165, 1.54) is 14.2 Å². The summed E-state index contributed by atoms with van der Waals surface area (Å²) in [5.74, 6) is 1.87. The molecular formula is C9H16N2O4S. The van der Waals surface area contributed by atoms with Crippen LogP contribution in [-0.2, 0) is 19.7 Å². The van der Waals surface area contributed by atoms with Gasteiger partial charge in [0.2, 0.25) is 0 Å². The lowest BCUT2D eigenvalue weighted by Gasteiger charge is -2.16. The average molecular weight is 248 g/mol. The monoisotopic (exact) mass is 248 g/mol. The van der Waals surface area contributed by atoms with Crippen LogP contribution in [0.2, 0.25) is 0 Å². The van der Waals surface area contributed by atoms with Gasteiger partial charge in [-0.25, -0.2) is 4.72 Å². The number of carbonyl (C=O) groups is 1. The summed E-state index contributed by atoms with van der Waals surface area (Å²) >= 11 is 0. The molecule has 0 fully saturated rings. The fourth-order valence-electron chi connectivity index (χ4n) is 0.833. The molecule has 0 aliphatic rings. The quantitative estimate of drug-likeness (QED) is 0.369. The second-order valence-corrected chi connectivity index (χ2v) is 4.86. The predicted octanol–water partition coefficient (Wildman–Crippen LogP) is -0.661. The summed E-state index contributed by atoms with van der Waals surface area (Å²) in [6.07, 6.45) is 5.33. The van der Waals surface area contributed by atoms with E-state index in [1.807, 2.05) is 0 Å². The molecule has 92 valence electrons. The van der Waals surface area contributed by atoms with Crippen molar-refractivity contribution in [3.63, 3.8) is 0 Å². The standard InChI is InChI=1S/C9H16N2O4S/c1-4-5-7-10-16(13,14)11(2)8-6-9(12)15-3/h1,10H,5-8H2,2-3H3. The van der Waals surface area contributed by atoms with Crippen molar-refractivity contribution in [3.8, 4) is 12.3 Å². The zero-order chi connectivity index (χ0) is 12.6. The average Bonchev–Trinajstić information content (AvgIpc) is 2.25. The fourth-order valence-corrected chi connectivity index (χ4v) is 1.75. The SMILES string of the molecule is C#CCCNS(=O)(=O)N(C)CCC(=O)OC. The minimum Gasteiger partial charge on any atom is -0.469 e. The zero-order valence-electron chi connectivity index (χ0n) is 9.39. The molecule has 0 aliphatic carbocycles. The highest BCUT2D eigenvalue weighted by Crippen LogP contribution is 1.96. The van der Waals surface area contributed by atoms with E-state index in [2.05, 4.69) is 15.4 Å². The van der Waals surface area contributed by atoms with E-state index in [0.717, 1.165) is 4.31 Å². The van der Waals surface area contributed by atoms with Crippen LogP contribution in [0.1, 0.15) is 12.8 Å². The van der Waals surface area contributed by atoms with Gasteiger partial charge < -0.3 is 4.74 Å². The zero-order valence-corrected chi connectivity index (χ0v) is 10.2. The molecule has 0 atom stereocenters. The lowest BCUT2D eigenvalue weighted by molar-refractivity contribution is -0.140. The molecule has 0 saturated heterocycles. The summed E-state index contributed by atoms with van der Waals surface area (Å²) in [7, 11) is -0.928. The number of rotatable bonds is 7. The number of nitrogens with one attached hydrogen (secondary N) is 1. The van der Waals surface area contributed by atoms with Crippen molar-refractivity contribution in [2.45, 2.75) is 12.8 Å². The lowest BCUT2D eigenvalue weighted by Crippen LogP contribution is -2.39. The van der Waals surface area contributed by atoms with Gasteiger partial charge in [0.15, 0.2) is 0 Å². The minimum absolute atomic E-state index is 0.0169. The number of terminal acetylenes is 1. The van der Waals surface area contributed by atoms with Gasteiger partial charge in [0.1, 0.15) is 0 Å². The molecule has 0 aliphatic heterocycles. The van der Waals surface area contributed by atoms with Crippen LogP contribution >= 0.6 is 0 Å². The first-order chi connectivity index (χ1) is 7.44. The Kier molecular flexibility index (Phi) is 6.72. The summed E-state index contributed by atoms with van der Waals surface area (Å²) in [5.41, 5.74) is 0. The van der Waals surface area contributed by atoms with Crippen molar-refractivity contribution in [2.75, 3.05) is 27.2 Å². The molecule has 0 amide bonds. The van der Waals surface area contributed by atoms with Gasteiger partial charge in [-0.05, 0) is 0 Å². The van der Waals surface area contributed by atoms with Crippen molar-refractivity contribution in [3.05, 3.63) is 0 Å². The van der Waals surface area contributed by atoms with E-state index in [4.69, 9.17) is 6.42 Å². The van der Waals surface area contributed by atoms with Gasteiger partial charge in [0.25, 0.3) is 10.2 Å². The van der Waals surface area contributed by atoms with Gasteiger partial charge in [-0.2, -0.15) is 12.7 Å². The third-order valence-electron chi connectivity index (χ3n) is 1.82. The highest BCUT2D eigenvalue weighted by atomic mass is 32.2. The van der Waals surface area contributed by atoms with Gasteiger partial charge in [-0.15, -0.1) is 12.3 Å². The Morgan fingerprint density at radius 3 is 2.69 bits per heavy atom. The van der Waals surface area contributed by atoms with E-state index in [0.29, 0.717) is 6.42 Å². The molecule has 7 heteroatoms. The van der Waals surface area contributed by atoms with Crippen LogP contribution in [0.4, 0.5) is 0 Å². The Morgan fingerprint density at radius 2 is 2.19 bits per heavy atom. The molecule has 1 N–H and O–H groups in total. The predicted molar refractivity (Wildman–Crippen MR) is 59.6 cm³/mol. The van der Waals surface area contributed by atoms with Crippen molar-refractivity contribution >= 4 is 16.2 Å². The Balaban J connectivity index is 4.10. The second-order valence-electron chi connectivity index (χ2n) is 3.00. The van der Waals surface area contributed by atoms with E-state index < -0.39 is 16.2 Å². The topological polar surface area (TPSA) is 75.7 Å². The van der Waals surface area contributed by atoms with Crippen LogP contribution in [0, 0.1) is 12.3 Å². The molecule has 0 aromatic rings. The maximum absolute atomic E-state index is 11.5. The molecule has 0 saturated carbocycles. The van der Waals surface area contributed by atoms with Crippen LogP contribution in [0.3, 0.4) is 0 Å². The van der Waals surface area contributed by atoms with Crippen LogP contribution in [0.15, 0.2) is 0 Å². The summed E-state index contributed by atoms with van der Waals surface area (Å²) in [4.78, 5) is 10.8. The Bertz CT molecular complexity index is 358. The number of hydrogen-bond donors (Lipinski definition) is 1. The van der Waals surface area contributed by atoms with Gasteiger partial charge >= 0.3 is 5.97 Å². The largest absolute Gasteiger partial charge is 0.469 e. The molecule has 0 bridgehead atoms. The summed E-state index contributed by atoms with van der Waals surface area (Å²) < 4.78 is 30.8.